The van der Waals surface area contributed by atoms with Crippen LogP contribution >= 0.6 is 0 Å². The number of likely N-dealkylation sites (N-methyl/N-ethyl adjacent to an activating group) is 1. The van der Waals surface area contributed by atoms with E-state index < -0.39 is 0 Å². The van der Waals surface area contributed by atoms with Crippen LogP contribution in [0.1, 0.15) is 29.7 Å². The lowest BCUT2D eigenvalue weighted by Gasteiger charge is -2.28. The predicted octanol–water partition coefficient (Wildman–Crippen LogP) is 2.37. The zero-order chi connectivity index (χ0) is 13.0. The average Bonchev–Trinajstić information content (AvgIpc) is 2.24. The molecule has 3 nitrogen and oxygen atoms in total. The fraction of sp³-hybridized carbons (Fsp3) is 0.600. The van der Waals surface area contributed by atoms with Gasteiger partial charge in [0.05, 0.1) is 25.9 Å². The maximum Gasteiger partial charge on any atom is 0.104 e. The quantitative estimate of drug-likeness (QED) is 0.839. The van der Waals surface area contributed by atoms with Gasteiger partial charge >= 0.3 is 0 Å². The summed E-state index contributed by atoms with van der Waals surface area (Å²) in [4.78, 5) is 0. The van der Waals surface area contributed by atoms with E-state index >= 15 is 0 Å². The smallest absolute Gasteiger partial charge is 0.104 e. The molecule has 2 rings (SSSR count). The van der Waals surface area contributed by atoms with E-state index in [2.05, 4.69) is 44.3 Å². The van der Waals surface area contributed by atoms with Crippen LogP contribution < -0.4 is 5.32 Å². The van der Waals surface area contributed by atoms with E-state index in [1.165, 1.54) is 16.7 Å². The third-order valence-electron chi connectivity index (χ3n) is 3.20. The van der Waals surface area contributed by atoms with Crippen molar-refractivity contribution < 1.29 is 9.47 Å². The topological polar surface area (TPSA) is 30.5 Å². The van der Waals surface area contributed by atoms with Gasteiger partial charge in [0, 0.05) is 0 Å². The van der Waals surface area contributed by atoms with Crippen LogP contribution in [0.3, 0.4) is 0 Å². The van der Waals surface area contributed by atoms with Gasteiger partial charge in [-0.15, -0.1) is 0 Å². The summed E-state index contributed by atoms with van der Waals surface area (Å²) in [7, 11) is 0. The second-order valence-corrected chi connectivity index (χ2v) is 5.02. The van der Waals surface area contributed by atoms with Gasteiger partial charge in [0.1, 0.15) is 6.10 Å². The van der Waals surface area contributed by atoms with Crippen LogP contribution in [0.25, 0.3) is 0 Å². The third kappa shape index (κ3) is 3.55. The highest BCUT2D eigenvalue weighted by Crippen LogP contribution is 2.19. The average molecular weight is 249 g/mol. The highest BCUT2D eigenvalue weighted by atomic mass is 16.6. The third-order valence-corrected chi connectivity index (χ3v) is 3.20. The summed E-state index contributed by atoms with van der Waals surface area (Å²) in [5.74, 6) is 0. The standard InChI is InChI=1S/C15H23NO2/c1-4-16-15(10-18-14-8-17-9-14)13-6-11(2)5-12(3)7-13/h5-7,14-16H,4,8-10H2,1-3H3. The highest BCUT2D eigenvalue weighted by Gasteiger charge is 2.21. The molecule has 1 heterocycles. The maximum absolute atomic E-state index is 5.84. The molecular formula is C15H23NO2. The lowest BCUT2D eigenvalue weighted by Crippen LogP contribution is -2.38. The molecule has 100 valence electrons. The first-order chi connectivity index (χ1) is 8.69. The van der Waals surface area contributed by atoms with Gasteiger partial charge in [-0.2, -0.15) is 0 Å². The lowest BCUT2D eigenvalue weighted by atomic mass is 10.0. The summed E-state index contributed by atoms with van der Waals surface area (Å²) in [6, 6.07) is 6.95. The Hall–Kier alpha value is -0.900. The molecule has 0 radical (unpaired) electrons. The van der Waals surface area contributed by atoms with Crippen LogP contribution in [-0.2, 0) is 9.47 Å². The van der Waals surface area contributed by atoms with Crippen molar-refractivity contribution in [1.29, 1.82) is 0 Å². The molecule has 3 heteroatoms. The molecule has 1 aromatic rings. The molecule has 0 bridgehead atoms. The number of benzene rings is 1. The second-order valence-electron chi connectivity index (χ2n) is 5.02. The Morgan fingerprint density at radius 1 is 1.28 bits per heavy atom. The number of rotatable bonds is 6. The van der Waals surface area contributed by atoms with Crippen LogP contribution in [0.15, 0.2) is 18.2 Å². The normalized spacial score (nSPS) is 17.5. The summed E-state index contributed by atoms with van der Waals surface area (Å²) in [6.45, 7) is 9.55. The fourth-order valence-electron chi connectivity index (χ4n) is 2.27. The summed E-state index contributed by atoms with van der Waals surface area (Å²) in [6.07, 6.45) is 0.289. The van der Waals surface area contributed by atoms with Crippen molar-refractivity contribution in [2.75, 3.05) is 26.4 Å². The molecule has 1 aromatic carbocycles. The molecule has 0 amide bonds. The van der Waals surface area contributed by atoms with Gasteiger partial charge in [-0.3, -0.25) is 0 Å². The van der Waals surface area contributed by atoms with Gasteiger partial charge in [-0.25, -0.2) is 0 Å². The van der Waals surface area contributed by atoms with Gasteiger partial charge in [0.25, 0.3) is 0 Å². The van der Waals surface area contributed by atoms with Crippen LogP contribution in [-0.4, -0.2) is 32.5 Å². The van der Waals surface area contributed by atoms with Gasteiger partial charge in [-0.05, 0) is 26.0 Å². The Bertz CT molecular complexity index is 368. The summed E-state index contributed by atoms with van der Waals surface area (Å²) in [5, 5.41) is 3.49. The van der Waals surface area contributed by atoms with Crippen molar-refractivity contribution in [2.45, 2.75) is 32.9 Å². The Labute approximate surface area is 109 Å². The Morgan fingerprint density at radius 3 is 2.44 bits per heavy atom. The number of ether oxygens (including phenoxy) is 2. The minimum absolute atomic E-state index is 0.272. The second kappa shape index (κ2) is 6.32. The molecule has 0 aliphatic carbocycles. The molecular weight excluding hydrogens is 226 g/mol. The molecule has 1 aliphatic rings. The molecule has 1 aliphatic heterocycles. The number of nitrogens with one attached hydrogen (secondary N) is 1. The summed E-state index contributed by atoms with van der Waals surface area (Å²) < 4.78 is 11.0. The van der Waals surface area contributed by atoms with Crippen molar-refractivity contribution in [3.8, 4) is 0 Å². The van der Waals surface area contributed by atoms with Crippen LogP contribution in [0.4, 0.5) is 0 Å². The highest BCUT2D eigenvalue weighted by molar-refractivity contribution is 5.30. The molecule has 0 aromatic heterocycles. The van der Waals surface area contributed by atoms with Gasteiger partial charge in [-0.1, -0.05) is 36.2 Å². The van der Waals surface area contributed by atoms with Crippen molar-refractivity contribution >= 4 is 0 Å². The Balaban J connectivity index is 2.02. The van der Waals surface area contributed by atoms with E-state index in [1.807, 2.05) is 0 Å². The number of hydrogen-bond donors (Lipinski definition) is 1. The first kappa shape index (κ1) is 13.5. The molecule has 0 saturated carbocycles. The molecule has 1 saturated heterocycles. The van der Waals surface area contributed by atoms with E-state index in [1.54, 1.807) is 0 Å². The minimum Gasteiger partial charge on any atom is -0.376 e. The van der Waals surface area contributed by atoms with E-state index in [4.69, 9.17) is 9.47 Å². The van der Waals surface area contributed by atoms with E-state index in [0.717, 1.165) is 19.8 Å². The fourth-order valence-corrected chi connectivity index (χ4v) is 2.27. The van der Waals surface area contributed by atoms with Crippen molar-refractivity contribution in [3.05, 3.63) is 34.9 Å². The van der Waals surface area contributed by atoms with Gasteiger partial charge in [0.2, 0.25) is 0 Å². The summed E-state index contributed by atoms with van der Waals surface area (Å²) >= 11 is 0. The zero-order valence-electron chi connectivity index (χ0n) is 11.5. The first-order valence-electron chi connectivity index (χ1n) is 6.70. The van der Waals surface area contributed by atoms with Gasteiger partial charge in [0.15, 0.2) is 0 Å². The van der Waals surface area contributed by atoms with Crippen molar-refractivity contribution in [2.24, 2.45) is 0 Å². The number of hydrogen-bond acceptors (Lipinski definition) is 3. The molecule has 1 fully saturated rings. The largest absolute Gasteiger partial charge is 0.376 e. The van der Waals surface area contributed by atoms with Gasteiger partial charge < -0.3 is 14.8 Å². The minimum atomic E-state index is 0.272. The zero-order valence-corrected chi connectivity index (χ0v) is 11.5. The van der Waals surface area contributed by atoms with Crippen LogP contribution in [0.5, 0.6) is 0 Å². The maximum atomic E-state index is 5.84. The SMILES string of the molecule is CCNC(COC1COC1)c1cc(C)cc(C)c1. The van der Waals surface area contributed by atoms with E-state index in [9.17, 15) is 0 Å². The predicted molar refractivity (Wildman–Crippen MR) is 72.9 cm³/mol. The lowest BCUT2D eigenvalue weighted by molar-refractivity contribution is -0.133. The molecule has 18 heavy (non-hydrogen) atoms. The summed E-state index contributed by atoms with van der Waals surface area (Å²) in [5.41, 5.74) is 3.93. The van der Waals surface area contributed by atoms with Crippen LogP contribution in [0, 0.1) is 13.8 Å². The van der Waals surface area contributed by atoms with E-state index in [-0.39, 0.29) is 12.1 Å². The Morgan fingerprint density at radius 2 is 1.94 bits per heavy atom. The van der Waals surface area contributed by atoms with Crippen LogP contribution in [0.2, 0.25) is 0 Å². The molecule has 1 atom stereocenters. The monoisotopic (exact) mass is 249 g/mol. The molecule has 0 spiro atoms. The molecule has 1 unspecified atom stereocenters. The number of aryl methyl sites for hydroxylation is 2. The van der Waals surface area contributed by atoms with E-state index in [0.29, 0.717) is 6.61 Å². The van der Waals surface area contributed by atoms with Crippen molar-refractivity contribution in [1.82, 2.24) is 5.32 Å². The Kier molecular flexibility index (Phi) is 4.75. The van der Waals surface area contributed by atoms with Crippen molar-refractivity contribution in [3.63, 3.8) is 0 Å². The first-order valence-corrected chi connectivity index (χ1v) is 6.70. The molecule has 1 N–H and O–H groups in total.